The minimum absolute atomic E-state index is 0.0250. The van der Waals surface area contributed by atoms with Gasteiger partial charge in [0.1, 0.15) is 6.33 Å². The van der Waals surface area contributed by atoms with Crippen LogP contribution in [0.25, 0.3) is 0 Å². The Morgan fingerprint density at radius 3 is 2.89 bits per heavy atom. The van der Waals surface area contributed by atoms with Gasteiger partial charge in [-0.2, -0.15) is 0 Å². The van der Waals surface area contributed by atoms with E-state index in [9.17, 15) is 9.59 Å². The van der Waals surface area contributed by atoms with Crippen molar-refractivity contribution >= 4 is 11.9 Å². The maximum Gasteiger partial charge on any atom is 0.308 e. The van der Waals surface area contributed by atoms with E-state index < -0.39 is 11.9 Å². The minimum Gasteiger partial charge on any atom is -0.481 e. The highest BCUT2D eigenvalue weighted by Crippen LogP contribution is 2.26. The first kappa shape index (κ1) is 12.5. The number of aliphatic carboxylic acids is 1. The summed E-state index contributed by atoms with van der Waals surface area (Å²) in [6, 6.07) is -0.257. The first-order chi connectivity index (χ1) is 8.50. The third-order valence-corrected chi connectivity index (χ3v) is 3.38. The van der Waals surface area contributed by atoms with Gasteiger partial charge in [0.15, 0.2) is 5.82 Å². The van der Waals surface area contributed by atoms with Crippen LogP contribution >= 0.6 is 0 Å². The Hall–Kier alpha value is -1.92. The fraction of sp³-hybridized carbons (Fsp3) is 0.636. The van der Waals surface area contributed by atoms with Gasteiger partial charge in [-0.1, -0.05) is 0 Å². The molecule has 7 nitrogen and oxygen atoms in total. The molecule has 0 bridgehead atoms. The molecule has 2 unspecified atom stereocenters. The average molecular weight is 252 g/mol. The van der Waals surface area contributed by atoms with Gasteiger partial charge in [-0.3, -0.25) is 9.59 Å². The minimum atomic E-state index is -0.849. The van der Waals surface area contributed by atoms with Gasteiger partial charge in [-0.25, -0.2) is 0 Å². The number of carbonyl (C=O) groups excluding carboxylic acids is 1. The van der Waals surface area contributed by atoms with E-state index in [1.807, 2.05) is 6.92 Å². The molecule has 1 saturated heterocycles. The summed E-state index contributed by atoms with van der Waals surface area (Å²) in [7, 11) is 1.80. The summed E-state index contributed by atoms with van der Waals surface area (Å²) in [6.45, 7) is 2.08. The number of aryl methyl sites for hydroxylation is 1. The smallest absolute Gasteiger partial charge is 0.308 e. The van der Waals surface area contributed by atoms with E-state index in [2.05, 4.69) is 10.2 Å². The van der Waals surface area contributed by atoms with Crippen LogP contribution in [0.1, 0.15) is 31.6 Å². The Labute approximate surface area is 104 Å². The zero-order valence-electron chi connectivity index (χ0n) is 10.4. The summed E-state index contributed by atoms with van der Waals surface area (Å²) < 4.78 is 1.74. The molecule has 0 spiro atoms. The zero-order valence-corrected chi connectivity index (χ0v) is 10.4. The van der Waals surface area contributed by atoms with Gasteiger partial charge in [-0.05, 0) is 13.3 Å². The first-order valence-electron chi connectivity index (χ1n) is 5.87. The fourth-order valence-electron chi connectivity index (χ4n) is 2.26. The molecule has 1 aliphatic rings. The van der Waals surface area contributed by atoms with Gasteiger partial charge >= 0.3 is 5.97 Å². The summed E-state index contributed by atoms with van der Waals surface area (Å²) in [5.74, 6) is -0.701. The molecular formula is C11H16N4O3. The van der Waals surface area contributed by atoms with Crippen molar-refractivity contribution in [2.24, 2.45) is 13.0 Å². The van der Waals surface area contributed by atoms with Crippen LogP contribution < -0.4 is 0 Å². The Morgan fingerprint density at radius 2 is 2.33 bits per heavy atom. The average Bonchev–Trinajstić information content (AvgIpc) is 2.75. The molecule has 1 aromatic heterocycles. The standard InChI is InChI=1S/C11H16N4O3/c1-7(10-13-12-6-14(10)2)15-5-8(11(17)18)3-4-9(15)16/h6-8H,3-5H2,1-2H3,(H,17,18). The summed E-state index contributed by atoms with van der Waals surface area (Å²) in [4.78, 5) is 24.5. The van der Waals surface area contributed by atoms with Crippen molar-refractivity contribution in [2.45, 2.75) is 25.8 Å². The van der Waals surface area contributed by atoms with Crippen molar-refractivity contribution in [1.29, 1.82) is 0 Å². The molecule has 1 N–H and O–H groups in total. The molecule has 1 aromatic rings. The van der Waals surface area contributed by atoms with E-state index in [-0.39, 0.29) is 24.9 Å². The molecular weight excluding hydrogens is 236 g/mol. The zero-order chi connectivity index (χ0) is 13.3. The molecule has 0 radical (unpaired) electrons. The second-order valence-electron chi connectivity index (χ2n) is 4.60. The van der Waals surface area contributed by atoms with Crippen LogP contribution in [-0.4, -0.2) is 43.2 Å². The maximum absolute atomic E-state index is 11.9. The van der Waals surface area contributed by atoms with Gasteiger partial charge in [0.25, 0.3) is 0 Å². The number of hydrogen-bond donors (Lipinski definition) is 1. The van der Waals surface area contributed by atoms with Crippen molar-refractivity contribution in [2.75, 3.05) is 6.54 Å². The normalized spacial score (nSPS) is 22.0. The van der Waals surface area contributed by atoms with Crippen LogP contribution in [0.3, 0.4) is 0 Å². The number of rotatable bonds is 3. The second kappa shape index (κ2) is 4.75. The molecule has 2 heterocycles. The number of likely N-dealkylation sites (tertiary alicyclic amines) is 1. The van der Waals surface area contributed by atoms with Gasteiger partial charge in [-0.15, -0.1) is 10.2 Å². The van der Waals surface area contributed by atoms with Crippen LogP contribution in [0, 0.1) is 5.92 Å². The highest BCUT2D eigenvalue weighted by atomic mass is 16.4. The number of piperidine rings is 1. The van der Waals surface area contributed by atoms with Crippen molar-refractivity contribution in [3.05, 3.63) is 12.2 Å². The predicted octanol–water partition coefficient (Wildman–Crippen LogP) is 0.199. The van der Waals surface area contributed by atoms with Crippen LogP contribution in [0.5, 0.6) is 0 Å². The molecule has 2 atom stereocenters. The van der Waals surface area contributed by atoms with Crippen LogP contribution in [0.15, 0.2) is 6.33 Å². The Balaban J connectivity index is 2.18. The fourth-order valence-corrected chi connectivity index (χ4v) is 2.26. The summed E-state index contributed by atoms with van der Waals surface area (Å²) in [6.07, 6.45) is 2.25. The topological polar surface area (TPSA) is 88.3 Å². The van der Waals surface area contributed by atoms with E-state index >= 15 is 0 Å². The number of carbonyl (C=O) groups is 2. The van der Waals surface area contributed by atoms with E-state index in [0.717, 1.165) is 0 Å². The van der Waals surface area contributed by atoms with Gasteiger partial charge in [0, 0.05) is 20.0 Å². The third-order valence-electron chi connectivity index (χ3n) is 3.38. The van der Waals surface area contributed by atoms with Crippen molar-refractivity contribution in [1.82, 2.24) is 19.7 Å². The first-order valence-corrected chi connectivity index (χ1v) is 5.87. The highest BCUT2D eigenvalue weighted by Gasteiger charge is 2.34. The lowest BCUT2D eigenvalue weighted by molar-refractivity contribution is -0.148. The molecule has 18 heavy (non-hydrogen) atoms. The van der Waals surface area contributed by atoms with E-state index in [1.165, 1.54) is 0 Å². The molecule has 1 aliphatic heterocycles. The quantitative estimate of drug-likeness (QED) is 0.830. The van der Waals surface area contributed by atoms with E-state index in [1.54, 1.807) is 22.8 Å². The van der Waals surface area contributed by atoms with Gasteiger partial charge in [0.2, 0.25) is 5.91 Å². The van der Waals surface area contributed by atoms with Crippen molar-refractivity contribution < 1.29 is 14.7 Å². The lowest BCUT2D eigenvalue weighted by atomic mass is 9.96. The summed E-state index contributed by atoms with van der Waals surface area (Å²) in [5.41, 5.74) is 0. The molecule has 0 aromatic carbocycles. The molecule has 0 aliphatic carbocycles. The van der Waals surface area contributed by atoms with Crippen LogP contribution in [-0.2, 0) is 16.6 Å². The molecule has 1 amide bonds. The molecule has 7 heteroatoms. The van der Waals surface area contributed by atoms with Gasteiger partial charge < -0.3 is 14.6 Å². The number of hydrogen-bond acceptors (Lipinski definition) is 4. The maximum atomic E-state index is 11.9. The van der Waals surface area contributed by atoms with Crippen LogP contribution in [0.4, 0.5) is 0 Å². The lowest BCUT2D eigenvalue weighted by Gasteiger charge is -2.34. The van der Waals surface area contributed by atoms with Crippen LogP contribution in [0.2, 0.25) is 0 Å². The Bertz CT molecular complexity index is 471. The molecule has 0 saturated carbocycles. The summed E-state index contributed by atoms with van der Waals surface area (Å²) >= 11 is 0. The Morgan fingerprint density at radius 1 is 1.61 bits per heavy atom. The van der Waals surface area contributed by atoms with Gasteiger partial charge in [0.05, 0.1) is 12.0 Å². The largest absolute Gasteiger partial charge is 0.481 e. The number of amides is 1. The number of aromatic nitrogens is 3. The summed E-state index contributed by atoms with van der Waals surface area (Å²) in [5, 5.41) is 16.8. The SMILES string of the molecule is CC(c1nncn1C)N1CC(C(=O)O)CCC1=O. The third kappa shape index (κ3) is 2.20. The number of carboxylic acid groups (broad SMARTS) is 1. The van der Waals surface area contributed by atoms with Crippen molar-refractivity contribution in [3.8, 4) is 0 Å². The number of nitrogens with zero attached hydrogens (tertiary/aromatic N) is 4. The molecule has 98 valence electrons. The Kier molecular flexibility index (Phi) is 3.31. The van der Waals surface area contributed by atoms with E-state index in [4.69, 9.17) is 5.11 Å². The molecule has 2 rings (SSSR count). The predicted molar refractivity (Wildman–Crippen MR) is 61.5 cm³/mol. The second-order valence-corrected chi connectivity index (χ2v) is 4.60. The monoisotopic (exact) mass is 252 g/mol. The highest BCUT2D eigenvalue weighted by molar-refractivity contribution is 5.80. The molecule has 1 fully saturated rings. The lowest BCUT2D eigenvalue weighted by Crippen LogP contribution is -2.44. The van der Waals surface area contributed by atoms with Crippen molar-refractivity contribution in [3.63, 3.8) is 0 Å². The number of carboxylic acids is 1. The van der Waals surface area contributed by atoms with E-state index in [0.29, 0.717) is 12.2 Å².